The van der Waals surface area contributed by atoms with Gasteiger partial charge in [-0.3, -0.25) is 4.68 Å². The van der Waals surface area contributed by atoms with E-state index in [0.29, 0.717) is 18.7 Å². The van der Waals surface area contributed by atoms with E-state index in [0.717, 1.165) is 18.5 Å². The molecule has 1 fully saturated rings. The summed E-state index contributed by atoms with van der Waals surface area (Å²) in [6.07, 6.45) is 3.64. The van der Waals surface area contributed by atoms with Gasteiger partial charge in [0.05, 0.1) is 22.2 Å². The Balaban J connectivity index is 1.83. The maximum atomic E-state index is 12.8. The molecule has 0 aliphatic carbocycles. The molecule has 0 N–H and O–H groups in total. The second-order valence-electron chi connectivity index (χ2n) is 5.75. The van der Waals surface area contributed by atoms with Gasteiger partial charge in [0.15, 0.2) is 0 Å². The van der Waals surface area contributed by atoms with Crippen LogP contribution in [-0.2, 0) is 17.1 Å². The number of hydrogen-bond donors (Lipinski definition) is 0. The van der Waals surface area contributed by atoms with E-state index in [1.165, 1.54) is 28.6 Å². The van der Waals surface area contributed by atoms with Crippen molar-refractivity contribution in [1.82, 2.24) is 14.1 Å². The summed E-state index contributed by atoms with van der Waals surface area (Å²) in [5.74, 6) is 0.123. The van der Waals surface area contributed by atoms with Crippen LogP contribution in [0.25, 0.3) is 0 Å². The summed E-state index contributed by atoms with van der Waals surface area (Å²) < 4.78 is 28.8. The molecule has 23 heavy (non-hydrogen) atoms. The van der Waals surface area contributed by atoms with Crippen LogP contribution in [0, 0.1) is 11.3 Å². The van der Waals surface area contributed by atoms with Crippen molar-refractivity contribution in [2.75, 3.05) is 13.1 Å². The molecule has 7 heteroatoms. The van der Waals surface area contributed by atoms with Crippen LogP contribution < -0.4 is 0 Å². The lowest BCUT2D eigenvalue weighted by molar-refractivity contribution is 0.312. The number of nitrogens with zero attached hydrogens (tertiary/aromatic N) is 4. The Labute approximate surface area is 136 Å². The fraction of sp³-hybridized carbons (Fsp3) is 0.375. The van der Waals surface area contributed by atoms with Crippen molar-refractivity contribution in [3.05, 3.63) is 47.8 Å². The molecule has 1 aromatic carbocycles. The van der Waals surface area contributed by atoms with Gasteiger partial charge in [-0.2, -0.15) is 14.7 Å². The van der Waals surface area contributed by atoms with Gasteiger partial charge in [0.2, 0.25) is 10.0 Å². The Morgan fingerprint density at radius 2 is 2.00 bits per heavy atom. The molecule has 2 heterocycles. The minimum Gasteiger partial charge on any atom is -0.276 e. The summed E-state index contributed by atoms with van der Waals surface area (Å²) in [6, 6.07) is 10.0. The average molecular weight is 330 g/mol. The highest BCUT2D eigenvalue weighted by Crippen LogP contribution is 2.29. The molecule has 1 aliphatic rings. The number of hydrogen-bond acceptors (Lipinski definition) is 4. The van der Waals surface area contributed by atoms with Crippen LogP contribution in [0.15, 0.2) is 41.4 Å². The molecule has 0 saturated carbocycles. The zero-order chi connectivity index (χ0) is 16.4. The number of rotatable bonds is 3. The van der Waals surface area contributed by atoms with Crippen molar-refractivity contribution < 1.29 is 8.42 Å². The predicted octanol–water partition coefficient (Wildman–Crippen LogP) is 1.86. The molecule has 0 bridgehead atoms. The fourth-order valence-corrected chi connectivity index (χ4v) is 4.43. The molecule has 6 nitrogen and oxygen atoms in total. The Kier molecular flexibility index (Phi) is 4.20. The van der Waals surface area contributed by atoms with Gasteiger partial charge < -0.3 is 0 Å². The summed E-state index contributed by atoms with van der Waals surface area (Å²) in [4.78, 5) is 0.234. The van der Waals surface area contributed by atoms with Gasteiger partial charge in [-0.1, -0.05) is 0 Å². The van der Waals surface area contributed by atoms with Gasteiger partial charge in [-0.25, -0.2) is 8.42 Å². The highest BCUT2D eigenvalue weighted by molar-refractivity contribution is 7.89. The summed E-state index contributed by atoms with van der Waals surface area (Å²) in [6.45, 7) is 0.963. The molecular formula is C16H18N4O2S. The second kappa shape index (κ2) is 6.14. The lowest BCUT2D eigenvalue weighted by atomic mass is 9.96. The van der Waals surface area contributed by atoms with Gasteiger partial charge in [0.1, 0.15) is 0 Å². The molecule has 0 spiro atoms. The van der Waals surface area contributed by atoms with Crippen LogP contribution in [-0.4, -0.2) is 35.6 Å². The van der Waals surface area contributed by atoms with E-state index in [4.69, 9.17) is 5.26 Å². The fourth-order valence-electron chi connectivity index (χ4n) is 2.90. The first-order chi connectivity index (χ1) is 11.0. The SMILES string of the molecule is Cn1ccc(C2CCCN(S(=O)(=O)c3ccc(C#N)cc3)C2)n1. The van der Waals surface area contributed by atoms with E-state index in [1.807, 2.05) is 25.4 Å². The summed E-state index contributed by atoms with van der Waals surface area (Å²) in [5.41, 5.74) is 1.39. The molecule has 1 atom stereocenters. The van der Waals surface area contributed by atoms with Crippen molar-refractivity contribution in [3.8, 4) is 6.07 Å². The van der Waals surface area contributed by atoms with Crippen LogP contribution in [0.4, 0.5) is 0 Å². The molecule has 1 saturated heterocycles. The van der Waals surface area contributed by atoms with Crippen LogP contribution in [0.1, 0.15) is 30.0 Å². The quantitative estimate of drug-likeness (QED) is 0.860. The average Bonchev–Trinajstić information content (AvgIpc) is 3.01. The first-order valence-electron chi connectivity index (χ1n) is 7.50. The van der Waals surface area contributed by atoms with E-state index in [-0.39, 0.29) is 10.8 Å². The summed E-state index contributed by atoms with van der Waals surface area (Å²) >= 11 is 0. The van der Waals surface area contributed by atoms with Gasteiger partial charge >= 0.3 is 0 Å². The lowest BCUT2D eigenvalue weighted by Crippen LogP contribution is -2.39. The van der Waals surface area contributed by atoms with E-state index >= 15 is 0 Å². The molecule has 1 unspecified atom stereocenters. The number of benzene rings is 1. The second-order valence-corrected chi connectivity index (χ2v) is 7.69. The molecule has 0 amide bonds. The van der Waals surface area contributed by atoms with Crippen molar-refractivity contribution >= 4 is 10.0 Å². The first-order valence-corrected chi connectivity index (χ1v) is 8.94. The normalized spacial score (nSPS) is 19.4. The monoisotopic (exact) mass is 330 g/mol. The number of nitriles is 1. The third-order valence-corrected chi connectivity index (χ3v) is 6.04. The smallest absolute Gasteiger partial charge is 0.243 e. The first kappa shape index (κ1) is 15.7. The van der Waals surface area contributed by atoms with Crippen molar-refractivity contribution in [2.45, 2.75) is 23.7 Å². The van der Waals surface area contributed by atoms with Gasteiger partial charge in [0, 0.05) is 32.3 Å². The topological polar surface area (TPSA) is 79.0 Å². The van der Waals surface area contributed by atoms with Gasteiger partial charge in [-0.15, -0.1) is 0 Å². The minimum absolute atomic E-state index is 0.123. The summed E-state index contributed by atoms with van der Waals surface area (Å²) in [5, 5.41) is 13.2. The Bertz CT molecular complexity index is 834. The number of aromatic nitrogens is 2. The lowest BCUT2D eigenvalue weighted by Gasteiger charge is -2.31. The largest absolute Gasteiger partial charge is 0.276 e. The molecule has 0 radical (unpaired) electrons. The highest BCUT2D eigenvalue weighted by atomic mass is 32.2. The Hall–Kier alpha value is -2.17. The predicted molar refractivity (Wildman–Crippen MR) is 85.1 cm³/mol. The molecule has 1 aliphatic heterocycles. The maximum Gasteiger partial charge on any atom is 0.243 e. The maximum absolute atomic E-state index is 12.8. The van der Waals surface area contributed by atoms with Crippen LogP contribution >= 0.6 is 0 Å². The molecular weight excluding hydrogens is 312 g/mol. The van der Waals surface area contributed by atoms with Gasteiger partial charge in [0.25, 0.3) is 0 Å². The third kappa shape index (κ3) is 3.14. The number of aryl methyl sites for hydroxylation is 1. The number of sulfonamides is 1. The minimum atomic E-state index is -3.53. The highest BCUT2D eigenvalue weighted by Gasteiger charge is 2.31. The Morgan fingerprint density at radius 1 is 1.26 bits per heavy atom. The molecule has 120 valence electrons. The van der Waals surface area contributed by atoms with Gasteiger partial charge in [-0.05, 0) is 43.2 Å². The molecule has 3 rings (SSSR count). The van der Waals surface area contributed by atoms with Crippen molar-refractivity contribution in [1.29, 1.82) is 5.26 Å². The van der Waals surface area contributed by atoms with Crippen LogP contribution in [0.3, 0.4) is 0 Å². The van der Waals surface area contributed by atoms with Crippen LogP contribution in [0.5, 0.6) is 0 Å². The third-order valence-electron chi connectivity index (χ3n) is 4.16. The van der Waals surface area contributed by atoms with E-state index in [9.17, 15) is 8.42 Å². The van der Waals surface area contributed by atoms with Crippen LogP contribution in [0.2, 0.25) is 0 Å². The number of piperidine rings is 1. The summed E-state index contributed by atoms with van der Waals surface area (Å²) in [7, 11) is -1.67. The Morgan fingerprint density at radius 3 is 2.61 bits per heavy atom. The standard InChI is InChI=1S/C16H18N4O2S/c1-19-10-8-16(18-19)14-3-2-9-20(12-14)23(21,22)15-6-4-13(11-17)5-7-15/h4-8,10,14H,2-3,9,12H2,1H3. The van der Waals surface area contributed by atoms with Crippen molar-refractivity contribution in [3.63, 3.8) is 0 Å². The van der Waals surface area contributed by atoms with E-state index in [2.05, 4.69) is 5.10 Å². The van der Waals surface area contributed by atoms with E-state index < -0.39 is 10.0 Å². The zero-order valence-corrected chi connectivity index (χ0v) is 13.7. The zero-order valence-electron chi connectivity index (χ0n) is 12.9. The van der Waals surface area contributed by atoms with Crippen molar-refractivity contribution in [2.24, 2.45) is 7.05 Å². The van der Waals surface area contributed by atoms with E-state index in [1.54, 1.807) is 4.68 Å². The molecule has 2 aromatic rings. The molecule has 1 aromatic heterocycles.